The molecule has 1 saturated heterocycles. The van der Waals surface area contributed by atoms with Crippen LogP contribution >= 0.6 is 0 Å². The zero-order valence-corrected chi connectivity index (χ0v) is 17.7. The third kappa shape index (κ3) is 5.08. The molecule has 1 aliphatic rings. The fourth-order valence-corrected chi connectivity index (χ4v) is 3.89. The monoisotopic (exact) mass is 422 g/mol. The van der Waals surface area contributed by atoms with E-state index in [0.717, 1.165) is 43.3 Å². The molecular weight excluding hydrogens is 395 g/mol. The number of carbonyl (C=O) groups excluding carboxylic acids is 1. The Kier molecular flexibility index (Phi) is 6.27. The van der Waals surface area contributed by atoms with Crippen molar-refractivity contribution >= 4 is 17.3 Å². The average molecular weight is 423 g/mol. The summed E-state index contributed by atoms with van der Waals surface area (Å²) >= 11 is 0. The van der Waals surface area contributed by atoms with Crippen LogP contribution in [0.5, 0.6) is 0 Å². The molecular formula is C23H27FN6O. The number of benzene rings is 2. The topological polar surface area (TPSA) is 85.9 Å². The van der Waals surface area contributed by atoms with Gasteiger partial charge in [-0.3, -0.25) is 9.89 Å². The van der Waals surface area contributed by atoms with Crippen LogP contribution in [0.2, 0.25) is 0 Å². The molecule has 4 rings (SSSR count). The minimum absolute atomic E-state index is 0.0376. The Bertz CT molecular complexity index is 1030. The van der Waals surface area contributed by atoms with Crippen molar-refractivity contribution in [1.82, 2.24) is 20.5 Å². The Labute approximate surface area is 181 Å². The van der Waals surface area contributed by atoms with Crippen LogP contribution in [-0.2, 0) is 0 Å². The van der Waals surface area contributed by atoms with Crippen molar-refractivity contribution in [2.24, 2.45) is 0 Å². The number of piperidine rings is 1. The standard InChI is InChI=1S/C23H27FN6O/c1-15(22-26-16(2)28-29-22)25-18-11-13-30(14-12-18)19-9-7-17(8-10-19)27-23(31)20-5-3-4-6-21(20)24/h3-10,15,18,25H,11-14H2,1-2H3,(H,27,31)(H,26,28,29). The number of aromatic amines is 1. The number of hydrogen-bond acceptors (Lipinski definition) is 5. The summed E-state index contributed by atoms with van der Waals surface area (Å²) < 4.78 is 13.8. The number of aryl methyl sites for hydroxylation is 1. The summed E-state index contributed by atoms with van der Waals surface area (Å²) in [6.07, 6.45) is 2.05. The van der Waals surface area contributed by atoms with Gasteiger partial charge in [0.1, 0.15) is 11.6 Å². The van der Waals surface area contributed by atoms with Gasteiger partial charge in [-0.1, -0.05) is 12.1 Å². The van der Waals surface area contributed by atoms with Gasteiger partial charge in [-0.25, -0.2) is 9.37 Å². The van der Waals surface area contributed by atoms with E-state index >= 15 is 0 Å². The molecule has 1 aromatic heterocycles. The van der Waals surface area contributed by atoms with Gasteiger partial charge < -0.3 is 15.5 Å². The van der Waals surface area contributed by atoms with E-state index in [1.165, 1.54) is 12.1 Å². The van der Waals surface area contributed by atoms with Crippen LogP contribution in [0.4, 0.5) is 15.8 Å². The van der Waals surface area contributed by atoms with E-state index in [-0.39, 0.29) is 11.6 Å². The molecule has 0 aliphatic carbocycles. The number of nitrogens with one attached hydrogen (secondary N) is 3. The quantitative estimate of drug-likeness (QED) is 0.562. The van der Waals surface area contributed by atoms with Crippen molar-refractivity contribution in [2.75, 3.05) is 23.3 Å². The van der Waals surface area contributed by atoms with Crippen LogP contribution in [-0.4, -0.2) is 40.2 Å². The van der Waals surface area contributed by atoms with Gasteiger partial charge in [0, 0.05) is 30.5 Å². The van der Waals surface area contributed by atoms with Crippen LogP contribution in [0, 0.1) is 12.7 Å². The van der Waals surface area contributed by atoms with E-state index in [1.54, 1.807) is 12.1 Å². The van der Waals surface area contributed by atoms with E-state index in [2.05, 4.69) is 37.6 Å². The summed E-state index contributed by atoms with van der Waals surface area (Å²) in [5.41, 5.74) is 1.79. The van der Waals surface area contributed by atoms with Crippen LogP contribution in [0.15, 0.2) is 48.5 Å². The minimum atomic E-state index is -0.527. The van der Waals surface area contributed by atoms with Gasteiger partial charge in [0.25, 0.3) is 5.91 Å². The molecule has 3 aromatic rings. The zero-order valence-electron chi connectivity index (χ0n) is 17.7. The fourth-order valence-electron chi connectivity index (χ4n) is 3.89. The van der Waals surface area contributed by atoms with Gasteiger partial charge in [-0.2, -0.15) is 5.10 Å². The lowest BCUT2D eigenvalue weighted by Crippen LogP contribution is -2.43. The first-order valence-electron chi connectivity index (χ1n) is 10.6. The van der Waals surface area contributed by atoms with Gasteiger partial charge in [0.2, 0.25) is 0 Å². The lowest BCUT2D eigenvalue weighted by atomic mass is 10.0. The predicted molar refractivity (Wildman–Crippen MR) is 119 cm³/mol. The Morgan fingerprint density at radius 2 is 1.87 bits per heavy atom. The Balaban J connectivity index is 1.29. The largest absolute Gasteiger partial charge is 0.371 e. The summed E-state index contributed by atoms with van der Waals surface area (Å²) in [6.45, 7) is 5.87. The van der Waals surface area contributed by atoms with Crippen molar-refractivity contribution in [2.45, 2.75) is 38.8 Å². The molecule has 7 nitrogen and oxygen atoms in total. The molecule has 0 saturated carbocycles. The average Bonchev–Trinajstić information content (AvgIpc) is 3.22. The highest BCUT2D eigenvalue weighted by Gasteiger charge is 2.22. The van der Waals surface area contributed by atoms with E-state index in [1.807, 2.05) is 31.2 Å². The highest BCUT2D eigenvalue weighted by molar-refractivity contribution is 6.04. The maximum atomic E-state index is 13.8. The number of halogens is 1. The molecule has 0 spiro atoms. The molecule has 2 aromatic carbocycles. The smallest absolute Gasteiger partial charge is 0.258 e. The molecule has 162 valence electrons. The zero-order chi connectivity index (χ0) is 21.8. The van der Waals surface area contributed by atoms with Crippen LogP contribution in [0.1, 0.15) is 47.8 Å². The van der Waals surface area contributed by atoms with Gasteiger partial charge in [0.15, 0.2) is 5.82 Å². The van der Waals surface area contributed by atoms with E-state index in [0.29, 0.717) is 11.7 Å². The first kappa shape index (κ1) is 21.0. The van der Waals surface area contributed by atoms with E-state index < -0.39 is 11.7 Å². The minimum Gasteiger partial charge on any atom is -0.371 e. The number of rotatable bonds is 6. The molecule has 1 atom stereocenters. The molecule has 1 unspecified atom stereocenters. The molecule has 1 aliphatic heterocycles. The highest BCUT2D eigenvalue weighted by atomic mass is 19.1. The number of aromatic nitrogens is 3. The molecule has 0 radical (unpaired) electrons. The SMILES string of the molecule is Cc1nc(C(C)NC2CCN(c3ccc(NC(=O)c4ccccc4F)cc3)CC2)n[nH]1. The molecule has 8 heteroatoms. The second-order valence-electron chi connectivity index (χ2n) is 7.91. The van der Waals surface area contributed by atoms with Crippen LogP contribution in [0.25, 0.3) is 0 Å². The fraction of sp³-hybridized carbons (Fsp3) is 0.348. The Morgan fingerprint density at radius 3 is 2.52 bits per heavy atom. The maximum Gasteiger partial charge on any atom is 0.258 e. The second-order valence-corrected chi connectivity index (χ2v) is 7.91. The number of anilines is 2. The highest BCUT2D eigenvalue weighted by Crippen LogP contribution is 2.23. The van der Waals surface area contributed by atoms with Gasteiger partial charge >= 0.3 is 0 Å². The lowest BCUT2D eigenvalue weighted by molar-refractivity contribution is 0.102. The van der Waals surface area contributed by atoms with Crippen molar-refractivity contribution < 1.29 is 9.18 Å². The number of nitrogens with zero attached hydrogens (tertiary/aromatic N) is 3. The first-order valence-corrected chi connectivity index (χ1v) is 10.6. The summed E-state index contributed by atoms with van der Waals surface area (Å²) in [6, 6.07) is 14.2. The first-order chi connectivity index (χ1) is 15.0. The molecule has 0 bridgehead atoms. The number of H-pyrrole nitrogens is 1. The molecule has 3 N–H and O–H groups in total. The number of amides is 1. The predicted octanol–water partition coefficient (Wildman–Crippen LogP) is 3.82. The van der Waals surface area contributed by atoms with Crippen LogP contribution < -0.4 is 15.5 Å². The Hall–Kier alpha value is -3.26. The molecule has 1 amide bonds. The Morgan fingerprint density at radius 1 is 1.16 bits per heavy atom. The van der Waals surface area contributed by atoms with Gasteiger partial charge in [-0.05, 0) is 63.1 Å². The number of carbonyl (C=O) groups is 1. The normalized spacial score (nSPS) is 15.6. The van der Waals surface area contributed by atoms with E-state index in [4.69, 9.17) is 0 Å². The van der Waals surface area contributed by atoms with Crippen LogP contribution in [0.3, 0.4) is 0 Å². The summed E-state index contributed by atoms with van der Waals surface area (Å²) in [4.78, 5) is 19.0. The maximum absolute atomic E-state index is 13.8. The van der Waals surface area contributed by atoms with Crippen molar-refractivity contribution in [3.63, 3.8) is 0 Å². The molecule has 2 heterocycles. The van der Waals surface area contributed by atoms with Gasteiger partial charge in [0.05, 0.1) is 11.6 Å². The van der Waals surface area contributed by atoms with Crippen molar-refractivity contribution in [3.8, 4) is 0 Å². The van der Waals surface area contributed by atoms with Crippen molar-refractivity contribution in [3.05, 3.63) is 71.6 Å². The second kappa shape index (κ2) is 9.26. The summed E-state index contributed by atoms with van der Waals surface area (Å²) in [5, 5.41) is 13.5. The third-order valence-corrected chi connectivity index (χ3v) is 5.59. The number of hydrogen-bond donors (Lipinski definition) is 3. The summed E-state index contributed by atoms with van der Waals surface area (Å²) in [5.74, 6) is 0.647. The lowest BCUT2D eigenvalue weighted by Gasteiger charge is -2.35. The third-order valence-electron chi connectivity index (χ3n) is 5.59. The van der Waals surface area contributed by atoms with Crippen molar-refractivity contribution in [1.29, 1.82) is 0 Å². The molecule has 1 fully saturated rings. The van der Waals surface area contributed by atoms with E-state index in [9.17, 15) is 9.18 Å². The summed E-state index contributed by atoms with van der Waals surface area (Å²) in [7, 11) is 0. The van der Waals surface area contributed by atoms with Gasteiger partial charge in [-0.15, -0.1) is 0 Å². The molecule has 31 heavy (non-hydrogen) atoms.